The molecule has 1 spiro atoms. The molecule has 0 radical (unpaired) electrons. The fourth-order valence-corrected chi connectivity index (χ4v) is 4.90. The van der Waals surface area contributed by atoms with Crippen molar-refractivity contribution in [1.29, 1.82) is 0 Å². The molecule has 3 rings (SSSR count). The van der Waals surface area contributed by atoms with E-state index in [1.54, 1.807) is 0 Å². The van der Waals surface area contributed by atoms with Crippen molar-refractivity contribution in [3.05, 3.63) is 20.8 Å². The monoisotopic (exact) mass is 328 g/mol. The lowest BCUT2D eigenvalue weighted by molar-refractivity contribution is 0.258. The first-order valence-electron chi connectivity index (χ1n) is 6.80. The number of nitrogens with zero attached hydrogens (tertiary/aromatic N) is 1. The zero-order valence-electron chi connectivity index (χ0n) is 10.9. The third-order valence-corrected chi connectivity index (χ3v) is 6.22. The minimum atomic E-state index is 0.718. The molecule has 2 fully saturated rings. The van der Waals surface area contributed by atoms with Gasteiger partial charge in [0.05, 0.1) is 0 Å². The molecule has 1 saturated heterocycles. The molecular weight excluding hydrogens is 308 g/mol. The van der Waals surface area contributed by atoms with Crippen molar-refractivity contribution in [2.75, 3.05) is 26.7 Å². The van der Waals surface area contributed by atoms with Crippen LogP contribution in [-0.2, 0) is 6.54 Å². The largest absolute Gasteiger partial charge is 0.317 e. The van der Waals surface area contributed by atoms with Crippen LogP contribution in [0.5, 0.6) is 0 Å². The van der Waals surface area contributed by atoms with E-state index < -0.39 is 0 Å². The number of rotatable bonds is 4. The predicted molar refractivity (Wildman–Crippen MR) is 81.0 cm³/mol. The molecule has 4 heteroatoms. The van der Waals surface area contributed by atoms with Gasteiger partial charge in [0.25, 0.3) is 0 Å². The smallest absolute Gasteiger partial charge is 0.0325 e. The quantitative estimate of drug-likeness (QED) is 0.911. The minimum absolute atomic E-state index is 0.718. The first-order chi connectivity index (χ1) is 8.68. The van der Waals surface area contributed by atoms with E-state index in [0.29, 0.717) is 0 Å². The van der Waals surface area contributed by atoms with Gasteiger partial charge >= 0.3 is 0 Å². The van der Waals surface area contributed by atoms with Crippen LogP contribution in [0.25, 0.3) is 0 Å². The van der Waals surface area contributed by atoms with Crippen LogP contribution in [0.15, 0.2) is 15.9 Å². The second kappa shape index (κ2) is 5.23. The summed E-state index contributed by atoms with van der Waals surface area (Å²) in [6.45, 7) is 4.84. The Hall–Kier alpha value is 0.1000. The molecule has 0 bridgehead atoms. The Bertz CT molecular complexity index is 412. The van der Waals surface area contributed by atoms with Crippen molar-refractivity contribution < 1.29 is 0 Å². The topological polar surface area (TPSA) is 15.3 Å². The summed E-state index contributed by atoms with van der Waals surface area (Å²) in [6, 6.07) is 2.24. The van der Waals surface area contributed by atoms with Crippen molar-refractivity contribution in [2.24, 2.45) is 11.3 Å². The number of nitrogens with one attached hydrogen (secondary N) is 1. The third kappa shape index (κ3) is 2.82. The van der Waals surface area contributed by atoms with Crippen LogP contribution >= 0.6 is 27.3 Å². The molecule has 2 nitrogen and oxygen atoms in total. The van der Waals surface area contributed by atoms with Crippen LogP contribution in [-0.4, -0.2) is 31.6 Å². The van der Waals surface area contributed by atoms with E-state index in [4.69, 9.17) is 0 Å². The maximum absolute atomic E-state index is 3.53. The molecule has 2 heterocycles. The molecule has 18 heavy (non-hydrogen) atoms. The van der Waals surface area contributed by atoms with Crippen molar-refractivity contribution in [3.63, 3.8) is 0 Å². The fourth-order valence-electron chi connectivity index (χ4n) is 3.37. The second-order valence-corrected chi connectivity index (χ2v) is 7.85. The van der Waals surface area contributed by atoms with Gasteiger partial charge in [0.15, 0.2) is 0 Å². The highest BCUT2D eigenvalue weighted by Gasteiger charge is 2.53. The second-order valence-electron chi connectivity index (χ2n) is 5.94. The van der Waals surface area contributed by atoms with Crippen LogP contribution in [0.1, 0.15) is 24.1 Å². The van der Waals surface area contributed by atoms with Gasteiger partial charge in [0, 0.05) is 27.8 Å². The maximum atomic E-state index is 3.53. The summed E-state index contributed by atoms with van der Waals surface area (Å²) in [5.41, 5.74) is 0.718. The number of halogens is 1. The number of thiophene rings is 1. The van der Waals surface area contributed by atoms with E-state index in [2.05, 4.69) is 44.6 Å². The summed E-state index contributed by atoms with van der Waals surface area (Å²) in [7, 11) is 2.26. The van der Waals surface area contributed by atoms with E-state index >= 15 is 0 Å². The van der Waals surface area contributed by atoms with E-state index in [-0.39, 0.29) is 0 Å². The van der Waals surface area contributed by atoms with Gasteiger partial charge in [0.2, 0.25) is 0 Å². The zero-order chi connectivity index (χ0) is 12.6. The molecule has 1 aliphatic carbocycles. The highest BCUT2D eigenvalue weighted by molar-refractivity contribution is 9.10. The maximum Gasteiger partial charge on any atom is 0.0325 e. The fraction of sp³-hybridized carbons (Fsp3) is 0.714. The summed E-state index contributed by atoms with van der Waals surface area (Å²) >= 11 is 5.38. The molecule has 1 unspecified atom stereocenters. The molecule has 2 aliphatic rings. The lowest BCUT2D eigenvalue weighted by atomic mass is 9.92. The number of hydrogen-bond donors (Lipinski definition) is 1. The van der Waals surface area contributed by atoms with E-state index in [0.717, 1.165) is 17.9 Å². The average molecular weight is 329 g/mol. The van der Waals surface area contributed by atoms with Gasteiger partial charge in [0.1, 0.15) is 0 Å². The van der Waals surface area contributed by atoms with Crippen molar-refractivity contribution in [3.8, 4) is 0 Å². The Labute approximate surface area is 122 Å². The van der Waals surface area contributed by atoms with E-state index in [1.165, 1.54) is 48.2 Å². The Morgan fingerprint density at radius 2 is 2.28 bits per heavy atom. The zero-order valence-corrected chi connectivity index (χ0v) is 13.3. The first kappa shape index (κ1) is 13.1. The molecule has 1 aromatic rings. The van der Waals surface area contributed by atoms with Crippen molar-refractivity contribution >= 4 is 27.3 Å². The van der Waals surface area contributed by atoms with Crippen LogP contribution in [0, 0.1) is 11.3 Å². The Balaban J connectivity index is 1.49. The van der Waals surface area contributed by atoms with Gasteiger partial charge in [-0.25, -0.2) is 0 Å². The summed E-state index contributed by atoms with van der Waals surface area (Å²) in [5, 5.41) is 5.65. The average Bonchev–Trinajstić information content (AvgIpc) is 2.80. The molecule has 0 amide bonds. The molecule has 100 valence electrons. The summed E-state index contributed by atoms with van der Waals surface area (Å²) in [6.07, 6.45) is 4.26. The minimum Gasteiger partial charge on any atom is -0.317 e. The summed E-state index contributed by atoms with van der Waals surface area (Å²) < 4.78 is 1.22. The van der Waals surface area contributed by atoms with Crippen LogP contribution in [0.3, 0.4) is 0 Å². The van der Waals surface area contributed by atoms with Gasteiger partial charge in [-0.05, 0) is 72.7 Å². The van der Waals surface area contributed by atoms with Crippen molar-refractivity contribution in [1.82, 2.24) is 10.2 Å². The molecule has 1 atom stereocenters. The third-order valence-electron chi connectivity index (χ3n) is 4.54. The normalized spacial score (nSPS) is 25.8. The molecular formula is C14H21BrN2S. The SMILES string of the molecule is CN(Cc1cc(Br)cs1)CC1CC12CCNCC2. The molecule has 1 aliphatic heterocycles. The molecule has 1 saturated carbocycles. The van der Waals surface area contributed by atoms with E-state index in [1.807, 2.05) is 11.3 Å². The molecule has 1 N–H and O–H groups in total. The summed E-state index contributed by atoms with van der Waals surface area (Å²) in [5.74, 6) is 0.952. The van der Waals surface area contributed by atoms with Gasteiger partial charge < -0.3 is 10.2 Å². The summed E-state index contributed by atoms with van der Waals surface area (Å²) in [4.78, 5) is 3.96. The highest BCUT2D eigenvalue weighted by Crippen LogP contribution is 2.58. The lowest BCUT2D eigenvalue weighted by Crippen LogP contribution is -2.31. The highest BCUT2D eigenvalue weighted by atomic mass is 79.9. The Kier molecular flexibility index (Phi) is 3.81. The predicted octanol–water partition coefficient (Wildman–Crippen LogP) is 3.33. The van der Waals surface area contributed by atoms with E-state index in [9.17, 15) is 0 Å². The number of hydrogen-bond acceptors (Lipinski definition) is 3. The molecule has 1 aromatic heterocycles. The Morgan fingerprint density at radius 3 is 2.94 bits per heavy atom. The standard InChI is InChI=1S/C14H21BrN2S/c1-17(9-13-6-12(15)10-18-13)8-11-7-14(11)2-4-16-5-3-14/h6,10-11,16H,2-5,7-9H2,1H3. The van der Waals surface area contributed by atoms with Crippen LogP contribution in [0.2, 0.25) is 0 Å². The first-order valence-corrected chi connectivity index (χ1v) is 8.47. The van der Waals surface area contributed by atoms with Gasteiger partial charge in [-0.2, -0.15) is 0 Å². The number of piperidine rings is 1. The van der Waals surface area contributed by atoms with Gasteiger partial charge in [-0.15, -0.1) is 11.3 Å². The molecule has 0 aromatic carbocycles. The van der Waals surface area contributed by atoms with Crippen molar-refractivity contribution in [2.45, 2.75) is 25.8 Å². The lowest BCUT2D eigenvalue weighted by Gasteiger charge is -2.25. The van der Waals surface area contributed by atoms with Crippen LogP contribution < -0.4 is 5.32 Å². The van der Waals surface area contributed by atoms with Crippen LogP contribution in [0.4, 0.5) is 0 Å². The van der Waals surface area contributed by atoms with Gasteiger partial charge in [-0.3, -0.25) is 0 Å². The Morgan fingerprint density at radius 1 is 1.50 bits per heavy atom. The van der Waals surface area contributed by atoms with Gasteiger partial charge in [-0.1, -0.05) is 0 Å².